The molecule has 0 aliphatic carbocycles. The Hall–Kier alpha value is -0.640. The van der Waals surface area contributed by atoms with Gasteiger partial charge >= 0.3 is 5.72 Å². The molecule has 4 nitrogen and oxygen atoms in total. The van der Waals surface area contributed by atoms with Crippen LogP contribution in [0.15, 0.2) is 0 Å². The molecule has 0 N–H and O–H groups in total. The lowest BCUT2D eigenvalue weighted by Crippen LogP contribution is -2.21. The average molecular weight is 229 g/mol. The smallest absolute Gasteiger partial charge is 0.299 e. The van der Waals surface area contributed by atoms with Gasteiger partial charge in [0, 0.05) is 6.92 Å². The van der Waals surface area contributed by atoms with Crippen molar-refractivity contribution in [2.75, 3.05) is 0 Å². The SMILES string of the molecule is CCCCCCCCC[C@@H]1O[C@@]1(C)[N+](=O)[O-]. The molecule has 0 saturated carbocycles. The summed E-state index contributed by atoms with van der Waals surface area (Å²) in [5, 5.41) is 10.6. The largest absolute Gasteiger partial charge is 0.348 e. The van der Waals surface area contributed by atoms with Crippen LogP contribution in [0.3, 0.4) is 0 Å². The minimum atomic E-state index is -1.07. The number of epoxide rings is 1. The first kappa shape index (κ1) is 13.4. The summed E-state index contributed by atoms with van der Waals surface area (Å²) in [5.74, 6) is 0. The maximum Gasteiger partial charge on any atom is 0.348 e. The van der Waals surface area contributed by atoms with Crippen LogP contribution in [0.2, 0.25) is 0 Å². The number of unbranched alkanes of at least 4 members (excludes halogenated alkanes) is 6. The molecule has 0 aromatic carbocycles. The Morgan fingerprint density at radius 3 is 2.25 bits per heavy atom. The topological polar surface area (TPSA) is 55.7 Å². The molecule has 1 rings (SSSR count). The van der Waals surface area contributed by atoms with Crippen molar-refractivity contribution in [2.24, 2.45) is 0 Å². The third kappa shape index (κ3) is 3.74. The minimum Gasteiger partial charge on any atom is -0.299 e. The molecule has 1 fully saturated rings. The number of ether oxygens (including phenoxy) is 1. The van der Waals surface area contributed by atoms with Crippen LogP contribution in [0.1, 0.15) is 65.2 Å². The van der Waals surface area contributed by atoms with Gasteiger partial charge in [0.15, 0.2) is 6.10 Å². The van der Waals surface area contributed by atoms with E-state index in [9.17, 15) is 10.1 Å². The molecule has 0 aromatic rings. The zero-order chi connectivity index (χ0) is 12.0. The van der Waals surface area contributed by atoms with E-state index in [4.69, 9.17) is 4.74 Å². The first-order valence-electron chi connectivity index (χ1n) is 6.43. The molecule has 4 heteroatoms. The van der Waals surface area contributed by atoms with Gasteiger partial charge in [0.1, 0.15) is 0 Å². The normalized spacial score (nSPS) is 28.0. The third-order valence-electron chi connectivity index (χ3n) is 3.35. The summed E-state index contributed by atoms with van der Waals surface area (Å²) >= 11 is 0. The molecule has 1 saturated heterocycles. The van der Waals surface area contributed by atoms with Gasteiger partial charge in [0.25, 0.3) is 0 Å². The van der Waals surface area contributed by atoms with Crippen LogP contribution >= 0.6 is 0 Å². The quantitative estimate of drug-likeness (QED) is 0.263. The van der Waals surface area contributed by atoms with Crippen LogP contribution in [-0.4, -0.2) is 16.8 Å². The molecular weight excluding hydrogens is 206 g/mol. The van der Waals surface area contributed by atoms with Crippen LogP contribution in [0, 0.1) is 10.1 Å². The molecule has 1 heterocycles. The number of hydrogen-bond donors (Lipinski definition) is 0. The Morgan fingerprint density at radius 2 is 1.75 bits per heavy atom. The maximum atomic E-state index is 10.6. The first-order valence-corrected chi connectivity index (χ1v) is 6.43. The van der Waals surface area contributed by atoms with Gasteiger partial charge in [-0.15, -0.1) is 0 Å². The van der Waals surface area contributed by atoms with Gasteiger partial charge in [0.2, 0.25) is 0 Å². The van der Waals surface area contributed by atoms with E-state index in [0.29, 0.717) is 0 Å². The van der Waals surface area contributed by atoms with E-state index in [-0.39, 0.29) is 11.0 Å². The molecule has 16 heavy (non-hydrogen) atoms. The molecule has 1 aliphatic heterocycles. The predicted molar refractivity (Wildman–Crippen MR) is 62.9 cm³/mol. The minimum absolute atomic E-state index is 0.141. The zero-order valence-corrected chi connectivity index (χ0v) is 10.4. The first-order chi connectivity index (χ1) is 7.61. The summed E-state index contributed by atoms with van der Waals surface area (Å²) in [7, 11) is 0. The highest BCUT2D eigenvalue weighted by molar-refractivity contribution is 4.89. The van der Waals surface area contributed by atoms with Crippen molar-refractivity contribution in [1.82, 2.24) is 0 Å². The van der Waals surface area contributed by atoms with Crippen molar-refractivity contribution < 1.29 is 9.66 Å². The van der Waals surface area contributed by atoms with Crippen molar-refractivity contribution in [3.63, 3.8) is 0 Å². The molecule has 94 valence electrons. The summed E-state index contributed by atoms with van der Waals surface area (Å²) in [5.41, 5.74) is -1.07. The van der Waals surface area contributed by atoms with E-state index in [1.54, 1.807) is 6.92 Å². The fraction of sp³-hybridized carbons (Fsp3) is 1.00. The average Bonchev–Trinajstić information content (AvgIpc) is 2.90. The summed E-state index contributed by atoms with van der Waals surface area (Å²) in [4.78, 5) is 10.3. The number of rotatable bonds is 9. The van der Waals surface area contributed by atoms with Gasteiger partial charge in [-0.05, 0) is 6.42 Å². The number of nitrogens with zero attached hydrogens (tertiary/aromatic N) is 1. The Morgan fingerprint density at radius 1 is 1.19 bits per heavy atom. The number of hydrogen-bond acceptors (Lipinski definition) is 3. The standard InChI is InChI=1S/C12H23NO3/c1-3-4-5-6-7-8-9-10-11-12(2,16-11)13(14)15/h11H,3-10H2,1-2H3/t11-,12+/m0/s1. The van der Waals surface area contributed by atoms with Crippen LogP contribution in [-0.2, 0) is 4.74 Å². The molecular formula is C12H23NO3. The van der Waals surface area contributed by atoms with Crippen LogP contribution in [0.4, 0.5) is 0 Å². The zero-order valence-electron chi connectivity index (χ0n) is 10.4. The molecule has 0 bridgehead atoms. The highest BCUT2D eigenvalue weighted by atomic mass is 16.7. The van der Waals surface area contributed by atoms with Gasteiger partial charge in [-0.2, -0.15) is 0 Å². The van der Waals surface area contributed by atoms with Crippen LogP contribution in [0.5, 0.6) is 0 Å². The van der Waals surface area contributed by atoms with Gasteiger partial charge in [0.05, 0.1) is 4.92 Å². The molecule has 1 aliphatic rings. The lowest BCUT2D eigenvalue weighted by atomic mass is 10.1. The summed E-state index contributed by atoms with van der Waals surface area (Å²) in [6.45, 7) is 3.78. The summed E-state index contributed by atoms with van der Waals surface area (Å²) in [6.07, 6.45) is 9.40. The van der Waals surface area contributed by atoms with Crippen molar-refractivity contribution in [1.29, 1.82) is 0 Å². The van der Waals surface area contributed by atoms with Gasteiger partial charge in [-0.1, -0.05) is 51.9 Å². The summed E-state index contributed by atoms with van der Waals surface area (Å²) in [6, 6.07) is 0. The lowest BCUT2D eigenvalue weighted by molar-refractivity contribution is -0.558. The third-order valence-corrected chi connectivity index (χ3v) is 3.35. The van der Waals surface area contributed by atoms with E-state index in [0.717, 1.165) is 12.8 Å². The monoisotopic (exact) mass is 229 g/mol. The Balaban J connectivity index is 1.92. The predicted octanol–water partition coefficient (Wildman–Crippen LogP) is 3.52. The van der Waals surface area contributed by atoms with E-state index in [1.807, 2.05) is 0 Å². The van der Waals surface area contributed by atoms with E-state index < -0.39 is 5.72 Å². The van der Waals surface area contributed by atoms with E-state index in [2.05, 4.69) is 6.92 Å². The second-order valence-corrected chi connectivity index (χ2v) is 4.83. The summed E-state index contributed by atoms with van der Waals surface area (Å²) < 4.78 is 5.11. The van der Waals surface area contributed by atoms with Crippen LogP contribution < -0.4 is 0 Å². The molecule has 0 radical (unpaired) electrons. The highest BCUT2D eigenvalue weighted by Crippen LogP contribution is 2.39. The van der Waals surface area contributed by atoms with Crippen molar-refractivity contribution in [3.05, 3.63) is 10.1 Å². The Labute approximate surface area is 97.5 Å². The maximum absolute atomic E-state index is 10.6. The highest BCUT2D eigenvalue weighted by Gasteiger charge is 2.64. The van der Waals surface area contributed by atoms with Crippen LogP contribution in [0.25, 0.3) is 0 Å². The fourth-order valence-electron chi connectivity index (χ4n) is 2.03. The van der Waals surface area contributed by atoms with Gasteiger partial charge in [-0.25, -0.2) is 0 Å². The molecule has 0 unspecified atom stereocenters. The van der Waals surface area contributed by atoms with Crippen molar-refractivity contribution in [3.8, 4) is 0 Å². The molecule has 2 atom stereocenters. The van der Waals surface area contributed by atoms with Crippen molar-refractivity contribution >= 4 is 0 Å². The lowest BCUT2D eigenvalue weighted by Gasteiger charge is -2.00. The molecule has 0 amide bonds. The van der Waals surface area contributed by atoms with Gasteiger partial charge in [-0.3, -0.25) is 14.9 Å². The second-order valence-electron chi connectivity index (χ2n) is 4.83. The molecule has 0 spiro atoms. The Kier molecular flexibility index (Phi) is 5.19. The number of nitro groups is 1. The fourth-order valence-corrected chi connectivity index (χ4v) is 2.03. The van der Waals surface area contributed by atoms with Gasteiger partial charge < -0.3 is 0 Å². The van der Waals surface area contributed by atoms with Crippen molar-refractivity contribution in [2.45, 2.75) is 77.0 Å². The van der Waals surface area contributed by atoms with E-state index in [1.165, 1.54) is 38.5 Å². The second kappa shape index (κ2) is 6.18. The Bertz CT molecular complexity index is 232. The van der Waals surface area contributed by atoms with E-state index >= 15 is 0 Å². The molecule has 0 aromatic heterocycles.